The van der Waals surface area contributed by atoms with E-state index in [2.05, 4.69) is 9.72 Å². The molecule has 2 aromatic heterocycles. The predicted molar refractivity (Wildman–Crippen MR) is 73.6 cm³/mol. The van der Waals surface area contributed by atoms with Gasteiger partial charge in [0.2, 0.25) is 0 Å². The third-order valence-electron chi connectivity index (χ3n) is 3.01. The second kappa shape index (κ2) is 4.70. The molecule has 100 valence electrons. The van der Waals surface area contributed by atoms with Crippen molar-refractivity contribution >= 4 is 11.6 Å². The number of aromatic hydroxyl groups is 1. The summed E-state index contributed by atoms with van der Waals surface area (Å²) >= 11 is 0. The molecule has 5 nitrogen and oxygen atoms in total. The Labute approximate surface area is 115 Å². The summed E-state index contributed by atoms with van der Waals surface area (Å²) < 4.78 is 6.44. The number of phenolic OH excluding ortho intramolecular Hbond substituents is 1. The van der Waals surface area contributed by atoms with Crippen molar-refractivity contribution in [2.24, 2.45) is 0 Å². The number of esters is 1. The minimum absolute atomic E-state index is 0.190. The van der Waals surface area contributed by atoms with E-state index in [-0.39, 0.29) is 11.7 Å². The Morgan fingerprint density at radius 3 is 2.85 bits per heavy atom. The van der Waals surface area contributed by atoms with Gasteiger partial charge in [0.05, 0.1) is 18.4 Å². The van der Waals surface area contributed by atoms with Gasteiger partial charge in [0.15, 0.2) is 0 Å². The summed E-state index contributed by atoms with van der Waals surface area (Å²) in [5.41, 5.74) is 2.71. The maximum absolute atomic E-state index is 11.5. The number of fused-ring (bicyclic) bond motifs is 1. The van der Waals surface area contributed by atoms with Gasteiger partial charge < -0.3 is 14.2 Å². The summed E-state index contributed by atoms with van der Waals surface area (Å²) in [4.78, 5) is 15.9. The maximum atomic E-state index is 11.5. The van der Waals surface area contributed by atoms with Crippen LogP contribution in [0.1, 0.15) is 10.4 Å². The first-order valence-electron chi connectivity index (χ1n) is 6.04. The topological polar surface area (TPSA) is 63.8 Å². The average molecular weight is 268 g/mol. The second-order valence-electron chi connectivity index (χ2n) is 4.35. The van der Waals surface area contributed by atoms with Crippen LogP contribution >= 0.6 is 0 Å². The molecule has 0 aliphatic rings. The molecule has 1 aromatic carbocycles. The predicted octanol–water partition coefficient (Wildman–Crippen LogP) is 2.49. The van der Waals surface area contributed by atoms with Crippen LogP contribution in [0.2, 0.25) is 0 Å². The molecule has 20 heavy (non-hydrogen) atoms. The van der Waals surface area contributed by atoms with Crippen LogP contribution in [0.4, 0.5) is 0 Å². The Hall–Kier alpha value is -2.82. The summed E-state index contributed by atoms with van der Waals surface area (Å²) in [7, 11) is 1.35. The van der Waals surface area contributed by atoms with Gasteiger partial charge in [-0.15, -0.1) is 0 Å². The molecule has 0 radical (unpaired) electrons. The van der Waals surface area contributed by atoms with Crippen LogP contribution in [0.5, 0.6) is 5.75 Å². The molecular weight excluding hydrogens is 256 g/mol. The summed E-state index contributed by atoms with van der Waals surface area (Å²) in [6, 6.07) is 10.3. The normalized spacial score (nSPS) is 10.7. The van der Waals surface area contributed by atoms with Crippen LogP contribution in [0.3, 0.4) is 0 Å². The molecule has 2 heterocycles. The summed E-state index contributed by atoms with van der Waals surface area (Å²) in [5.74, 6) is -0.200. The highest BCUT2D eigenvalue weighted by atomic mass is 16.5. The van der Waals surface area contributed by atoms with Gasteiger partial charge >= 0.3 is 5.97 Å². The second-order valence-corrected chi connectivity index (χ2v) is 4.35. The minimum Gasteiger partial charge on any atom is -0.508 e. The number of phenols is 1. The lowest BCUT2D eigenvalue weighted by Crippen LogP contribution is -2.02. The van der Waals surface area contributed by atoms with Crippen molar-refractivity contribution in [2.75, 3.05) is 7.11 Å². The fourth-order valence-electron chi connectivity index (χ4n) is 2.03. The highest BCUT2D eigenvalue weighted by Gasteiger charge is 2.09. The number of carbonyl (C=O) groups is 1. The van der Waals surface area contributed by atoms with Crippen molar-refractivity contribution in [3.8, 4) is 17.0 Å². The van der Waals surface area contributed by atoms with Crippen LogP contribution in [-0.4, -0.2) is 27.6 Å². The zero-order valence-corrected chi connectivity index (χ0v) is 10.8. The molecule has 0 unspecified atom stereocenters. The van der Waals surface area contributed by atoms with E-state index in [9.17, 15) is 9.90 Å². The van der Waals surface area contributed by atoms with Gasteiger partial charge in [-0.05, 0) is 24.3 Å². The van der Waals surface area contributed by atoms with Gasteiger partial charge in [0, 0.05) is 18.0 Å². The number of hydrogen-bond donors (Lipinski definition) is 1. The Kier molecular flexibility index (Phi) is 2.87. The van der Waals surface area contributed by atoms with E-state index < -0.39 is 0 Å². The molecule has 1 N–H and O–H groups in total. The van der Waals surface area contributed by atoms with Crippen molar-refractivity contribution in [2.45, 2.75) is 0 Å². The van der Waals surface area contributed by atoms with Crippen molar-refractivity contribution in [1.82, 2.24) is 9.38 Å². The van der Waals surface area contributed by atoms with E-state index >= 15 is 0 Å². The van der Waals surface area contributed by atoms with Crippen molar-refractivity contribution in [3.63, 3.8) is 0 Å². The Balaban J connectivity index is 2.09. The average Bonchev–Trinajstić information content (AvgIpc) is 2.89. The smallest absolute Gasteiger partial charge is 0.339 e. The summed E-state index contributed by atoms with van der Waals surface area (Å²) in [6.07, 6.45) is 3.47. The molecule has 0 amide bonds. The number of pyridine rings is 1. The maximum Gasteiger partial charge on any atom is 0.339 e. The van der Waals surface area contributed by atoms with Crippen molar-refractivity contribution in [3.05, 3.63) is 54.4 Å². The number of nitrogens with zero attached hydrogens (tertiary/aromatic N) is 2. The number of hydrogen-bond acceptors (Lipinski definition) is 4. The zero-order valence-electron chi connectivity index (χ0n) is 10.8. The molecule has 0 aliphatic carbocycles. The van der Waals surface area contributed by atoms with Gasteiger partial charge in [-0.1, -0.05) is 12.1 Å². The first-order valence-corrected chi connectivity index (χ1v) is 6.04. The largest absolute Gasteiger partial charge is 0.508 e. The Bertz CT molecular complexity index is 793. The number of imidazole rings is 1. The Morgan fingerprint density at radius 2 is 2.10 bits per heavy atom. The highest BCUT2D eigenvalue weighted by molar-refractivity contribution is 5.89. The highest BCUT2D eigenvalue weighted by Crippen LogP contribution is 2.23. The first-order chi connectivity index (χ1) is 9.67. The molecule has 3 aromatic rings. The van der Waals surface area contributed by atoms with Crippen LogP contribution in [0.15, 0.2) is 48.8 Å². The van der Waals surface area contributed by atoms with Crippen LogP contribution in [-0.2, 0) is 4.74 Å². The van der Waals surface area contributed by atoms with Crippen LogP contribution in [0.25, 0.3) is 16.9 Å². The van der Waals surface area contributed by atoms with Gasteiger partial charge in [0.25, 0.3) is 0 Å². The third kappa shape index (κ3) is 2.09. The molecule has 0 bridgehead atoms. The zero-order chi connectivity index (χ0) is 14.1. The van der Waals surface area contributed by atoms with E-state index in [1.165, 1.54) is 7.11 Å². The molecular formula is C15H12N2O3. The van der Waals surface area contributed by atoms with E-state index in [0.717, 1.165) is 16.9 Å². The number of rotatable bonds is 2. The lowest BCUT2D eigenvalue weighted by molar-refractivity contribution is 0.0600. The van der Waals surface area contributed by atoms with Gasteiger partial charge in [-0.3, -0.25) is 0 Å². The number of aromatic nitrogens is 2. The summed E-state index contributed by atoms with van der Waals surface area (Å²) in [6.45, 7) is 0. The van der Waals surface area contributed by atoms with Crippen molar-refractivity contribution < 1.29 is 14.6 Å². The summed E-state index contributed by atoms with van der Waals surface area (Å²) in [5, 5.41) is 9.50. The lowest BCUT2D eigenvalue weighted by atomic mass is 10.1. The lowest BCUT2D eigenvalue weighted by Gasteiger charge is -1.99. The quantitative estimate of drug-likeness (QED) is 0.725. The number of carbonyl (C=O) groups excluding carboxylic acids is 1. The number of methoxy groups -OCH3 is 1. The van der Waals surface area contributed by atoms with Gasteiger partial charge in [0.1, 0.15) is 11.4 Å². The fourth-order valence-corrected chi connectivity index (χ4v) is 2.03. The molecule has 0 saturated heterocycles. The molecule has 5 heteroatoms. The number of benzene rings is 1. The van der Waals surface area contributed by atoms with Crippen LogP contribution in [0, 0.1) is 0 Å². The first kappa shape index (κ1) is 12.2. The molecule has 0 fully saturated rings. The van der Waals surface area contributed by atoms with E-state index in [1.54, 1.807) is 47.1 Å². The minimum atomic E-state index is -0.389. The van der Waals surface area contributed by atoms with Crippen LogP contribution < -0.4 is 0 Å². The molecule has 0 aliphatic heterocycles. The fraction of sp³-hybridized carbons (Fsp3) is 0.0667. The van der Waals surface area contributed by atoms with E-state index in [1.807, 2.05) is 6.07 Å². The SMILES string of the molecule is COC(=O)c1ccc2nc(-c3cccc(O)c3)cn2c1. The van der Waals surface area contributed by atoms with Gasteiger partial charge in [-0.25, -0.2) is 9.78 Å². The molecule has 0 saturated carbocycles. The Morgan fingerprint density at radius 1 is 1.25 bits per heavy atom. The molecule has 3 rings (SSSR count). The third-order valence-corrected chi connectivity index (χ3v) is 3.01. The van der Waals surface area contributed by atoms with E-state index in [4.69, 9.17) is 0 Å². The van der Waals surface area contributed by atoms with Crippen molar-refractivity contribution in [1.29, 1.82) is 0 Å². The molecule has 0 atom stereocenters. The standard InChI is InChI=1S/C15H12N2O3/c1-20-15(19)11-5-6-14-16-13(9-17(14)8-11)10-3-2-4-12(18)7-10/h2-9,18H,1H3. The van der Waals surface area contributed by atoms with E-state index in [0.29, 0.717) is 5.56 Å². The van der Waals surface area contributed by atoms with Gasteiger partial charge in [-0.2, -0.15) is 0 Å². The molecule has 0 spiro atoms. The number of ether oxygens (including phenoxy) is 1. The monoisotopic (exact) mass is 268 g/mol.